The average Bonchev–Trinajstić information content (AvgIpc) is 3.10. The zero-order valence-corrected chi connectivity index (χ0v) is 18.7. The Morgan fingerprint density at radius 1 is 1.22 bits per heavy atom. The van der Waals surface area contributed by atoms with Crippen molar-refractivity contribution in [3.63, 3.8) is 0 Å². The number of methoxy groups -OCH3 is 1. The fourth-order valence-corrected chi connectivity index (χ4v) is 4.63. The molecule has 8 heteroatoms. The van der Waals surface area contributed by atoms with Gasteiger partial charge in [-0.1, -0.05) is 41.7 Å². The van der Waals surface area contributed by atoms with Crippen molar-refractivity contribution < 1.29 is 19.4 Å². The van der Waals surface area contributed by atoms with Crippen LogP contribution in [-0.4, -0.2) is 29.4 Å². The lowest BCUT2D eigenvalue weighted by Gasteiger charge is -2.22. The van der Waals surface area contributed by atoms with Gasteiger partial charge in [0.15, 0.2) is 4.80 Å². The Morgan fingerprint density at radius 2 is 1.94 bits per heavy atom. The quantitative estimate of drug-likeness (QED) is 0.604. The number of hydrogen-bond donors (Lipinski definition) is 1. The summed E-state index contributed by atoms with van der Waals surface area (Å²) in [5, 5.41) is 10.1. The molecule has 7 nitrogen and oxygen atoms in total. The average molecular weight is 451 g/mol. The molecular formula is C24H22N2O5S. The number of phenols is 1. The third kappa shape index (κ3) is 3.85. The van der Waals surface area contributed by atoms with Gasteiger partial charge < -0.3 is 14.6 Å². The molecule has 0 amide bonds. The van der Waals surface area contributed by atoms with E-state index >= 15 is 0 Å². The molecule has 1 aromatic heterocycles. The lowest BCUT2D eigenvalue weighted by atomic mass is 9.96. The zero-order valence-electron chi connectivity index (χ0n) is 17.9. The van der Waals surface area contributed by atoms with E-state index < -0.39 is 12.0 Å². The summed E-state index contributed by atoms with van der Waals surface area (Å²) in [5.74, 6) is 0.260. The summed E-state index contributed by atoms with van der Waals surface area (Å²) in [4.78, 5) is 31.3. The Balaban J connectivity index is 1.94. The standard InChI is InChI=1S/C24H22N2O5S/c1-4-31-23(29)20-14(2)26-22(28)19(13-16-7-5-6-8-18(16)27)32-24(26)25-21(20)15-9-11-17(30-3)12-10-15/h5-13,21,27H,4H2,1-3H3/b19-13-/t21-/m0/s1. The van der Waals surface area contributed by atoms with Crippen molar-refractivity contribution in [3.05, 3.63) is 84.9 Å². The summed E-state index contributed by atoms with van der Waals surface area (Å²) in [6.07, 6.45) is 1.63. The van der Waals surface area contributed by atoms with Crippen molar-refractivity contribution in [2.75, 3.05) is 13.7 Å². The van der Waals surface area contributed by atoms with Crippen molar-refractivity contribution in [1.29, 1.82) is 0 Å². The molecule has 0 aliphatic carbocycles. The molecule has 164 valence electrons. The number of carbonyl (C=O) groups excluding carboxylic acids is 1. The van der Waals surface area contributed by atoms with Crippen LogP contribution in [0.5, 0.6) is 11.5 Å². The lowest BCUT2D eigenvalue weighted by molar-refractivity contribution is -0.138. The molecule has 2 heterocycles. The topological polar surface area (TPSA) is 90.1 Å². The predicted molar refractivity (Wildman–Crippen MR) is 122 cm³/mol. The van der Waals surface area contributed by atoms with E-state index in [1.165, 1.54) is 15.9 Å². The first kappa shape index (κ1) is 21.6. The minimum absolute atomic E-state index is 0.0794. The van der Waals surface area contributed by atoms with Gasteiger partial charge in [-0.3, -0.25) is 9.36 Å². The molecule has 1 N–H and O–H groups in total. The number of aromatic nitrogens is 1. The highest BCUT2D eigenvalue weighted by molar-refractivity contribution is 7.07. The Morgan fingerprint density at radius 3 is 2.59 bits per heavy atom. The SMILES string of the molecule is CCOC(=O)C1=C(C)n2c(s/c(=C\c3ccccc3O)c2=O)=N[C@H]1c1ccc(OC)cc1. The minimum atomic E-state index is -0.615. The van der Waals surface area contributed by atoms with E-state index in [2.05, 4.69) is 0 Å². The lowest BCUT2D eigenvalue weighted by Crippen LogP contribution is -2.35. The van der Waals surface area contributed by atoms with E-state index in [1.54, 1.807) is 63.4 Å². The molecule has 0 bridgehead atoms. The molecule has 1 aliphatic heterocycles. The van der Waals surface area contributed by atoms with E-state index in [4.69, 9.17) is 14.5 Å². The van der Waals surface area contributed by atoms with Gasteiger partial charge in [0.05, 0.1) is 23.8 Å². The number of benzene rings is 2. The number of allylic oxidation sites excluding steroid dienone is 1. The Bertz CT molecular complexity index is 1380. The van der Waals surface area contributed by atoms with Gasteiger partial charge in [0, 0.05) is 11.3 Å². The molecule has 0 saturated heterocycles. The van der Waals surface area contributed by atoms with Gasteiger partial charge in [-0.05, 0) is 43.7 Å². The second-order valence-corrected chi connectivity index (χ2v) is 8.13. The van der Waals surface area contributed by atoms with Gasteiger partial charge >= 0.3 is 5.97 Å². The van der Waals surface area contributed by atoms with Crippen LogP contribution >= 0.6 is 11.3 Å². The summed E-state index contributed by atoms with van der Waals surface area (Å²) in [7, 11) is 1.58. The Kier molecular flexibility index (Phi) is 5.96. The van der Waals surface area contributed by atoms with E-state index in [-0.39, 0.29) is 17.9 Å². The third-order valence-electron chi connectivity index (χ3n) is 5.19. The van der Waals surface area contributed by atoms with Gasteiger partial charge in [-0.25, -0.2) is 9.79 Å². The maximum atomic E-state index is 13.2. The summed E-state index contributed by atoms with van der Waals surface area (Å²) in [5.41, 5.74) is 1.81. The van der Waals surface area contributed by atoms with Gasteiger partial charge in [0.1, 0.15) is 17.5 Å². The summed E-state index contributed by atoms with van der Waals surface area (Å²) < 4.78 is 12.4. The number of nitrogens with zero attached hydrogens (tertiary/aromatic N) is 2. The largest absolute Gasteiger partial charge is 0.507 e. The molecule has 32 heavy (non-hydrogen) atoms. The predicted octanol–water partition coefficient (Wildman–Crippen LogP) is 2.62. The molecule has 0 unspecified atom stereocenters. The van der Waals surface area contributed by atoms with E-state index in [0.29, 0.717) is 31.9 Å². The Hall–Kier alpha value is -3.65. The summed E-state index contributed by atoms with van der Waals surface area (Å²) >= 11 is 1.21. The number of thiazole rings is 1. The third-order valence-corrected chi connectivity index (χ3v) is 6.18. The zero-order chi connectivity index (χ0) is 22.8. The highest BCUT2D eigenvalue weighted by atomic mass is 32.1. The molecular weight excluding hydrogens is 428 g/mol. The molecule has 0 saturated carbocycles. The second-order valence-electron chi connectivity index (χ2n) is 7.12. The summed E-state index contributed by atoms with van der Waals surface area (Å²) in [6, 6.07) is 13.5. The highest BCUT2D eigenvalue weighted by Crippen LogP contribution is 2.33. The number of fused-ring (bicyclic) bond motifs is 1. The van der Waals surface area contributed by atoms with Crippen LogP contribution in [0.4, 0.5) is 0 Å². The smallest absolute Gasteiger partial charge is 0.338 e. The van der Waals surface area contributed by atoms with Crippen LogP contribution in [0.2, 0.25) is 0 Å². The van der Waals surface area contributed by atoms with Gasteiger partial charge in [0.25, 0.3) is 5.56 Å². The fourth-order valence-electron chi connectivity index (χ4n) is 3.60. The van der Waals surface area contributed by atoms with Crippen LogP contribution in [0.15, 0.2) is 63.9 Å². The fraction of sp³-hybridized carbons (Fsp3) is 0.208. The maximum Gasteiger partial charge on any atom is 0.338 e. The number of aromatic hydroxyl groups is 1. The molecule has 3 aromatic rings. The minimum Gasteiger partial charge on any atom is -0.507 e. The molecule has 4 rings (SSSR count). The Labute approximate surface area is 188 Å². The number of esters is 1. The molecule has 2 aromatic carbocycles. The van der Waals surface area contributed by atoms with Gasteiger partial charge in [-0.15, -0.1) is 0 Å². The monoisotopic (exact) mass is 450 g/mol. The maximum absolute atomic E-state index is 13.2. The summed E-state index contributed by atoms with van der Waals surface area (Å²) in [6.45, 7) is 3.67. The van der Waals surface area contributed by atoms with Crippen molar-refractivity contribution in [2.24, 2.45) is 4.99 Å². The van der Waals surface area contributed by atoms with Crippen molar-refractivity contribution >= 4 is 29.1 Å². The molecule has 0 fully saturated rings. The van der Waals surface area contributed by atoms with Crippen LogP contribution in [-0.2, 0) is 9.53 Å². The number of hydrogen-bond acceptors (Lipinski definition) is 7. The van der Waals surface area contributed by atoms with Crippen LogP contribution in [0, 0.1) is 0 Å². The van der Waals surface area contributed by atoms with E-state index in [9.17, 15) is 14.7 Å². The number of para-hydroxylation sites is 1. The highest BCUT2D eigenvalue weighted by Gasteiger charge is 2.31. The van der Waals surface area contributed by atoms with Crippen LogP contribution in [0.25, 0.3) is 11.8 Å². The van der Waals surface area contributed by atoms with Crippen molar-refractivity contribution in [3.8, 4) is 11.5 Å². The molecule has 0 spiro atoms. The van der Waals surface area contributed by atoms with E-state index in [0.717, 1.165) is 5.56 Å². The van der Waals surface area contributed by atoms with Crippen LogP contribution < -0.4 is 19.6 Å². The first-order chi connectivity index (χ1) is 15.4. The number of rotatable bonds is 5. The number of phenolic OH excluding ortho intramolecular Hbond substituents is 1. The first-order valence-electron chi connectivity index (χ1n) is 10.1. The van der Waals surface area contributed by atoms with Gasteiger partial charge in [0.2, 0.25) is 0 Å². The molecule has 1 atom stereocenters. The van der Waals surface area contributed by atoms with Crippen molar-refractivity contribution in [2.45, 2.75) is 19.9 Å². The number of ether oxygens (including phenoxy) is 2. The molecule has 0 radical (unpaired) electrons. The van der Waals surface area contributed by atoms with E-state index in [1.807, 2.05) is 12.1 Å². The second kappa shape index (κ2) is 8.84. The van der Waals surface area contributed by atoms with Crippen LogP contribution in [0.1, 0.15) is 31.0 Å². The molecule has 1 aliphatic rings. The normalized spacial score (nSPS) is 15.8. The van der Waals surface area contributed by atoms with Gasteiger partial charge in [-0.2, -0.15) is 0 Å². The van der Waals surface area contributed by atoms with Crippen LogP contribution in [0.3, 0.4) is 0 Å². The van der Waals surface area contributed by atoms with Crippen molar-refractivity contribution in [1.82, 2.24) is 4.57 Å². The number of carbonyl (C=O) groups is 1. The first-order valence-corrected chi connectivity index (χ1v) is 10.9.